The predicted molar refractivity (Wildman–Crippen MR) is 97.6 cm³/mol. The topological polar surface area (TPSA) is 13.2 Å². The van der Waals surface area contributed by atoms with Crippen molar-refractivity contribution in [2.24, 2.45) is 7.05 Å². The largest absolute Gasteiger partial charge is 0.324 e. The van der Waals surface area contributed by atoms with Crippen molar-refractivity contribution in [3.63, 3.8) is 0 Å². The van der Waals surface area contributed by atoms with Crippen LogP contribution in [0.1, 0.15) is 5.56 Å². The molecule has 0 saturated carbocycles. The second kappa shape index (κ2) is 4.71. The van der Waals surface area contributed by atoms with E-state index in [2.05, 4.69) is 101 Å². The Morgan fingerprint density at radius 3 is 2.54 bits per heavy atom. The van der Waals surface area contributed by atoms with E-state index in [1.165, 1.54) is 38.6 Å². The second-order valence-electron chi connectivity index (χ2n) is 6.39. The fourth-order valence-electron chi connectivity index (χ4n) is 3.78. The Labute approximate surface area is 140 Å². The minimum Gasteiger partial charge on any atom is -0.324 e. The maximum atomic E-state index is 2.30. The molecular weight excluding hydrogens is 294 g/mol. The summed E-state index contributed by atoms with van der Waals surface area (Å²) in [5.74, 6) is 0. The summed E-state index contributed by atoms with van der Waals surface area (Å²) in [5.41, 5.74) is 4.97. The van der Waals surface area contributed by atoms with Crippen molar-refractivity contribution in [2.45, 2.75) is 6.92 Å². The molecular formula is C21H18N3+. The Morgan fingerprint density at radius 2 is 1.71 bits per heavy atom. The van der Waals surface area contributed by atoms with Crippen molar-refractivity contribution in [2.75, 3.05) is 0 Å². The third-order valence-corrected chi connectivity index (χ3v) is 4.93. The first kappa shape index (κ1) is 13.4. The molecule has 5 rings (SSSR count). The normalized spacial score (nSPS) is 11.8. The molecule has 5 aromatic rings. The molecule has 0 N–H and O–H groups in total. The van der Waals surface area contributed by atoms with Gasteiger partial charge >= 0.3 is 0 Å². The standard InChI is InChI=1S/C21H18N3/c1-15-6-5-7-17-18-14-16(23-10-3-4-11-23)8-9-19(18)24-13-12-22(2)21(24)20(15)17/h3-14H,1-2H3/q+1. The summed E-state index contributed by atoms with van der Waals surface area (Å²) in [6.07, 6.45) is 8.45. The molecule has 0 radical (unpaired) electrons. The van der Waals surface area contributed by atoms with Crippen molar-refractivity contribution < 1.29 is 4.57 Å². The fourth-order valence-corrected chi connectivity index (χ4v) is 3.78. The Morgan fingerprint density at radius 1 is 0.875 bits per heavy atom. The van der Waals surface area contributed by atoms with Crippen LogP contribution in [-0.4, -0.2) is 8.97 Å². The molecule has 0 fully saturated rings. The second-order valence-corrected chi connectivity index (χ2v) is 6.39. The lowest BCUT2D eigenvalue weighted by molar-refractivity contribution is -0.643. The molecule has 24 heavy (non-hydrogen) atoms. The van der Waals surface area contributed by atoms with Gasteiger partial charge in [-0.3, -0.25) is 0 Å². The number of nitrogens with zero attached hydrogens (tertiary/aromatic N) is 3. The van der Waals surface area contributed by atoms with Gasteiger partial charge in [0.25, 0.3) is 5.65 Å². The van der Waals surface area contributed by atoms with Gasteiger partial charge < -0.3 is 4.57 Å². The Hall–Kier alpha value is -3.07. The average Bonchev–Trinajstić information content (AvgIpc) is 3.25. The first-order valence-electron chi connectivity index (χ1n) is 8.19. The van der Waals surface area contributed by atoms with E-state index < -0.39 is 0 Å². The van der Waals surface area contributed by atoms with Crippen LogP contribution in [0.5, 0.6) is 0 Å². The molecule has 2 aromatic carbocycles. The Bertz CT molecular complexity index is 1210. The van der Waals surface area contributed by atoms with E-state index in [0.717, 1.165) is 0 Å². The number of imidazole rings is 1. The van der Waals surface area contributed by atoms with Crippen LogP contribution in [0.2, 0.25) is 0 Å². The molecule has 0 saturated heterocycles. The lowest BCUT2D eigenvalue weighted by Gasteiger charge is -2.09. The maximum absolute atomic E-state index is 2.30. The van der Waals surface area contributed by atoms with Gasteiger partial charge in [0, 0.05) is 28.9 Å². The van der Waals surface area contributed by atoms with Crippen molar-refractivity contribution in [3.8, 4) is 5.69 Å². The van der Waals surface area contributed by atoms with E-state index in [9.17, 15) is 0 Å². The van der Waals surface area contributed by atoms with Crippen LogP contribution in [-0.2, 0) is 7.05 Å². The van der Waals surface area contributed by atoms with E-state index >= 15 is 0 Å². The van der Waals surface area contributed by atoms with Gasteiger partial charge in [-0.05, 0) is 42.8 Å². The highest BCUT2D eigenvalue weighted by atomic mass is 15.1. The van der Waals surface area contributed by atoms with Crippen LogP contribution >= 0.6 is 0 Å². The van der Waals surface area contributed by atoms with Crippen LogP contribution in [0.25, 0.3) is 33.0 Å². The van der Waals surface area contributed by atoms with E-state index in [1.807, 2.05) is 0 Å². The van der Waals surface area contributed by atoms with Crippen molar-refractivity contribution in [1.82, 2.24) is 8.97 Å². The summed E-state index contributed by atoms with van der Waals surface area (Å²) >= 11 is 0. The van der Waals surface area contributed by atoms with Crippen LogP contribution in [0.3, 0.4) is 0 Å². The molecule has 0 atom stereocenters. The summed E-state index contributed by atoms with van der Waals surface area (Å²) in [6, 6.07) is 17.4. The van der Waals surface area contributed by atoms with Gasteiger partial charge in [0.05, 0.1) is 12.4 Å². The molecule has 0 bridgehead atoms. The molecule has 0 amide bonds. The third-order valence-electron chi connectivity index (χ3n) is 4.93. The van der Waals surface area contributed by atoms with Gasteiger partial charge in [-0.1, -0.05) is 18.2 Å². The number of aryl methyl sites for hydroxylation is 2. The lowest BCUT2D eigenvalue weighted by atomic mass is 10.0. The number of rotatable bonds is 1. The Kier molecular flexibility index (Phi) is 2.63. The van der Waals surface area contributed by atoms with E-state index in [1.54, 1.807) is 0 Å². The molecule has 0 spiro atoms. The lowest BCUT2D eigenvalue weighted by Crippen LogP contribution is -2.26. The van der Waals surface area contributed by atoms with Gasteiger partial charge in [-0.15, -0.1) is 0 Å². The number of hydrogen-bond donors (Lipinski definition) is 0. The molecule has 0 aliphatic carbocycles. The number of pyridine rings is 1. The van der Waals surface area contributed by atoms with Gasteiger partial charge in [0.1, 0.15) is 17.9 Å². The van der Waals surface area contributed by atoms with Crippen LogP contribution in [0, 0.1) is 6.92 Å². The van der Waals surface area contributed by atoms with Gasteiger partial charge in [-0.25, -0.2) is 4.57 Å². The summed E-state index contributed by atoms with van der Waals surface area (Å²) < 4.78 is 6.65. The minimum atomic E-state index is 1.19. The number of benzene rings is 2. The smallest absolute Gasteiger partial charge is 0.294 e. The van der Waals surface area contributed by atoms with Crippen molar-refractivity contribution in [3.05, 3.63) is 78.9 Å². The predicted octanol–water partition coefficient (Wildman–Crippen LogP) is 4.17. The monoisotopic (exact) mass is 312 g/mol. The van der Waals surface area contributed by atoms with Crippen molar-refractivity contribution >= 4 is 27.3 Å². The Balaban J connectivity index is 2.03. The molecule has 116 valence electrons. The zero-order valence-electron chi connectivity index (χ0n) is 13.8. The zero-order valence-corrected chi connectivity index (χ0v) is 13.8. The molecule has 0 aliphatic rings. The van der Waals surface area contributed by atoms with Crippen molar-refractivity contribution in [1.29, 1.82) is 0 Å². The number of hydrogen-bond acceptors (Lipinski definition) is 0. The summed E-state index contributed by atoms with van der Waals surface area (Å²) in [7, 11) is 2.11. The van der Waals surface area contributed by atoms with Crippen LogP contribution in [0.4, 0.5) is 0 Å². The van der Waals surface area contributed by atoms with E-state index in [0.29, 0.717) is 0 Å². The molecule has 3 aromatic heterocycles. The van der Waals surface area contributed by atoms with E-state index in [-0.39, 0.29) is 0 Å². The first-order chi connectivity index (χ1) is 11.7. The van der Waals surface area contributed by atoms with Gasteiger partial charge in [-0.2, -0.15) is 4.40 Å². The average molecular weight is 312 g/mol. The molecule has 0 aliphatic heterocycles. The van der Waals surface area contributed by atoms with Gasteiger partial charge in [0.15, 0.2) is 0 Å². The van der Waals surface area contributed by atoms with Crippen LogP contribution in [0.15, 0.2) is 73.3 Å². The zero-order chi connectivity index (χ0) is 16.3. The number of aromatic nitrogens is 3. The fraction of sp³-hybridized carbons (Fsp3) is 0.0952. The molecule has 3 nitrogen and oxygen atoms in total. The van der Waals surface area contributed by atoms with Crippen LogP contribution < -0.4 is 4.57 Å². The van der Waals surface area contributed by atoms with Gasteiger partial charge in [0.2, 0.25) is 0 Å². The molecule has 3 heteroatoms. The molecule has 3 heterocycles. The third kappa shape index (κ3) is 1.69. The maximum Gasteiger partial charge on any atom is 0.294 e. The highest BCUT2D eigenvalue weighted by Crippen LogP contribution is 2.31. The molecule has 0 unspecified atom stereocenters. The summed E-state index contributed by atoms with van der Waals surface area (Å²) in [6.45, 7) is 2.19. The minimum absolute atomic E-state index is 1.19. The first-order valence-corrected chi connectivity index (χ1v) is 8.19. The highest BCUT2D eigenvalue weighted by Gasteiger charge is 2.18. The SMILES string of the molecule is Cc1cccc2c3cc(-n4cccc4)ccc3n3cc[n+](C)c3c12. The van der Waals surface area contributed by atoms with E-state index in [4.69, 9.17) is 0 Å². The number of fused-ring (bicyclic) bond motifs is 6. The summed E-state index contributed by atoms with van der Waals surface area (Å²) in [5, 5.41) is 3.91. The summed E-state index contributed by atoms with van der Waals surface area (Å²) in [4.78, 5) is 0. The quantitative estimate of drug-likeness (QED) is 0.326. The highest BCUT2D eigenvalue weighted by molar-refractivity contribution is 6.12.